The van der Waals surface area contributed by atoms with E-state index in [0.29, 0.717) is 0 Å². The van der Waals surface area contributed by atoms with Crippen LogP contribution in [-0.4, -0.2) is 35.1 Å². The van der Waals surface area contributed by atoms with E-state index in [9.17, 15) is 9.36 Å². The first kappa shape index (κ1) is 24.7. The van der Waals surface area contributed by atoms with Gasteiger partial charge in [-0.05, 0) is 6.42 Å². The molecule has 0 aliphatic heterocycles. The third kappa shape index (κ3) is 16.8. The molecule has 149 valence electrons. The Kier molecular flexibility index (Phi) is 18.2. The van der Waals surface area contributed by atoms with Crippen LogP contribution >= 0.6 is 8.03 Å². The van der Waals surface area contributed by atoms with Gasteiger partial charge in [0.1, 0.15) is 6.10 Å². The molecule has 25 heavy (non-hydrogen) atoms. The number of hydrogen-bond donors (Lipinski definition) is 2. The quantitative estimate of drug-likeness (QED) is 0.241. The Balaban J connectivity index is 3.32. The maximum absolute atomic E-state index is 11.6. The predicted molar refractivity (Wildman–Crippen MR) is 102 cm³/mol. The third-order valence-corrected chi connectivity index (χ3v) is 5.31. The number of unbranched alkanes of at least 4 members (excludes halogenated alkanes) is 12. The topological polar surface area (TPSA) is 83.8 Å². The van der Waals surface area contributed by atoms with E-state index < -0.39 is 26.3 Å². The van der Waals surface area contributed by atoms with Crippen LogP contribution < -0.4 is 0 Å². The summed E-state index contributed by atoms with van der Waals surface area (Å²) in [5, 5.41) is 17.7. The molecule has 0 amide bonds. The van der Waals surface area contributed by atoms with Gasteiger partial charge in [0.05, 0.1) is 13.2 Å². The van der Waals surface area contributed by atoms with Crippen LogP contribution in [0.3, 0.4) is 0 Å². The predicted octanol–water partition coefficient (Wildman–Crippen LogP) is 5.11. The fraction of sp³-hybridized carbons (Fsp3) is 0.947. The van der Waals surface area contributed by atoms with Crippen LogP contribution in [0.15, 0.2) is 0 Å². The first-order chi connectivity index (χ1) is 12.1. The zero-order chi connectivity index (χ0) is 18.8. The number of carbonyl (C=O) groups is 1. The summed E-state index contributed by atoms with van der Waals surface area (Å²) in [5.41, 5.74) is -0.400. The highest BCUT2D eigenvalue weighted by molar-refractivity contribution is 7.59. The van der Waals surface area contributed by atoms with Crippen LogP contribution in [0.5, 0.6) is 0 Å². The Morgan fingerprint density at radius 3 is 1.76 bits per heavy atom. The number of aliphatic hydroxyl groups is 2. The molecular formula is C19H38O5P. The van der Waals surface area contributed by atoms with Crippen molar-refractivity contribution < 1.29 is 24.1 Å². The summed E-state index contributed by atoms with van der Waals surface area (Å²) in [6.45, 7) is 1.51. The number of hydrogen-bond acceptors (Lipinski definition) is 5. The van der Waals surface area contributed by atoms with E-state index in [-0.39, 0.29) is 13.0 Å². The van der Waals surface area contributed by atoms with Gasteiger partial charge in [0, 0.05) is 6.42 Å². The van der Waals surface area contributed by atoms with Gasteiger partial charge in [0.15, 0.2) is 0 Å². The van der Waals surface area contributed by atoms with Gasteiger partial charge in [-0.25, -0.2) is 4.57 Å². The van der Waals surface area contributed by atoms with Crippen LogP contribution in [0, 0.1) is 0 Å². The van der Waals surface area contributed by atoms with Crippen molar-refractivity contribution in [2.24, 2.45) is 0 Å². The summed E-state index contributed by atoms with van der Waals surface area (Å²) in [6.07, 6.45) is 15.3. The van der Waals surface area contributed by atoms with E-state index in [0.717, 1.165) is 19.3 Å². The molecule has 1 radical (unpaired) electrons. The maximum atomic E-state index is 11.6. The second kappa shape index (κ2) is 18.4. The minimum absolute atomic E-state index is 0.266. The normalized spacial score (nSPS) is 13.0. The highest BCUT2D eigenvalue weighted by Gasteiger charge is 2.15. The molecule has 0 saturated heterocycles. The fourth-order valence-corrected chi connectivity index (χ4v) is 3.46. The second-order valence-corrected chi connectivity index (χ2v) is 8.05. The highest BCUT2D eigenvalue weighted by atomic mass is 31.1. The van der Waals surface area contributed by atoms with Crippen LogP contribution in [0.1, 0.15) is 96.8 Å². The van der Waals surface area contributed by atoms with Crippen LogP contribution in [-0.2, 0) is 13.9 Å². The molecule has 0 saturated carbocycles. The lowest BCUT2D eigenvalue weighted by Gasteiger charge is -2.06. The van der Waals surface area contributed by atoms with Crippen molar-refractivity contribution >= 4 is 13.6 Å². The van der Waals surface area contributed by atoms with Gasteiger partial charge < -0.3 is 10.2 Å². The molecule has 0 rings (SSSR count). The molecule has 0 spiro atoms. The SMILES string of the molecule is CCCCCCCCCCCCCCCC(=O)[P](=O)OC[C@@H](O)CO. The largest absolute Gasteiger partial charge is 0.394 e. The smallest absolute Gasteiger partial charge is 0.284 e. The summed E-state index contributed by atoms with van der Waals surface area (Å²) < 4.78 is 16.3. The maximum Gasteiger partial charge on any atom is 0.284 e. The van der Waals surface area contributed by atoms with Gasteiger partial charge in [-0.2, -0.15) is 0 Å². The van der Waals surface area contributed by atoms with Gasteiger partial charge in [-0.15, -0.1) is 0 Å². The van der Waals surface area contributed by atoms with Gasteiger partial charge in [0.2, 0.25) is 5.52 Å². The van der Waals surface area contributed by atoms with Crippen molar-refractivity contribution in [3.05, 3.63) is 0 Å². The zero-order valence-corrected chi connectivity index (χ0v) is 16.9. The molecule has 2 atom stereocenters. The number of aliphatic hydroxyl groups excluding tert-OH is 2. The van der Waals surface area contributed by atoms with Crippen LogP contribution in [0.4, 0.5) is 0 Å². The molecule has 1 unspecified atom stereocenters. The second-order valence-electron chi connectivity index (χ2n) is 6.78. The van der Waals surface area contributed by atoms with Crippen molar-refractivity contribution in [3.8, 4) is 0 Å². The summed E-state index contributed by atoms with van der Waals surface area (Å²) in [5.74, 6) is 0. The molecule has 0 bridgehead atoms. The Labute approximate surface area is 154 Å². The standard InChI is InChI=1S/C19H38O5P/c1-2-3-4-5-6-7-8-9-10-11-12-13-14-15-19(22)25(23)24-17-18(21)16-20/h18,20-21H,2-17H2,1H3/t18-/m0/s1. The summed E-state index contributed by atoms with van der Waals surface area (Å²) >= 11 is 0. The van der Waals surface area contributed by atoms with Crippen molar-refractivity contribution in [3.63, 3.8) is 0 Å². The van der Waals surface area contributed by atoms with Crippen LogP contribution in [0.2, 0.25) is 0 Å². The lowest BCUT2D eigenvalue weighted by Crippen LogP contribution is -2.18. The average Bonchev–Trinajstić information content (AvgIpc) is 2.62. The average molecular weight is 377 g/mol. The molecule has 0 aliphatic carbocycles. The molecule has 6 heteroatoms. The van der Waals surface area contributed by atoms with E-state index in [1.165, 1.54) is 64.2 Å². The lowest BCUT2D eigenvalue weighted by molar-refractivity contribution is -0.112. The Morgan fingerprint density at radius 2 is 1.32 bits per heavy atom. The third-order valence-electron chi connectivity index (χ3n) is 4.29. The molecule has 2 N–H and O–H groups in total. The summed E-state index contributed by atoms with van der Waals surface area (Å²) in [4.78, 5) is 11.6. The van der Waals surface area contributed by atoms with Crippen molar-refractivity contribution in [2.75, 3.05) is 13.2 Å². The Morgan fingerprint density at radius 1 is 0.880 bits per heavy atom. The molecule has 0 fully saturated rings. The molecule has 5 nitrogen and oxygen atoms in total. The van der Waals surface area contributed by atoms with Gasteiger partial charge in [0.25, 0.3) is 8.03 Å². The molecule has 0 heterocycles. The highest BCUT2D eigenvalue weighted by Crippen LogP contribution is 2.26. The number of carbonyl (C=O) groups excluding carboxylic acids is 1. The zero-order valence-electron chi connectivity index (χ0n) is 16.0. The monoisotopic (exact) mass is 377 g/mol. The summed E-state index contributed by atoms with van der Waals surface area (Å²) in [6, 6.07) is 0. The molecule has 0 aromatic rings. The Bertz CT molecular complexity index is 336. The molecule has 0 aromatic heterocycles. The first-order valence-corrected chi connectivity index (χ1v) is 11.2. The Hall–Kier alpha value is -0.350. The van der Waals surface area contributed by atoms with E-state index in [2.05, 4.69) is 6.92 Å². The number of rotatable bonds is 19. The first-order valence-electron chi connectivity index (χ1n) is 10.0. The van der Waals surface area contributed by atoms with E-state index in [4.69, 9.17) is 14.7 Å². The van der Waals surface area contributed by atoms with E-state index >= 15 is 0 Å². The van der Waals surface area contributed by atoms with Crippen LogP contribution in [0.25, 0.3) is 0 Å². The minimum atomic E-state index is -2.38. The van der Waals surface area contributed by atoms with Gasteiger partial charge in [-0.3, -0.25) is 9.32 Å². The van der Waals surface area contributed by atoms with Crippen molar-refractivity contribution in [1.82, 2.24) is 0 Å². The van der Waals surface area contributed by atoms with E-state index in [1.54, 1.807) is 0 Å². The lowest BCUT2D eigenvalue weighted by atomic mass is 10.0. The minimum Gasteiger partial charge on any atom is -0.394 e. The summed E-state index contributed by atoms with van der Waals surface area (Å²) in [7, 11) is -2.38. The van der Waals surface area contributed by atoms with Crippen molar-refractivity contribution in [2.45, 2.75) is 103 Å². The fourth-order valence-electron chi connectivity index (χ4n) is 2.66. The van der Waals surface area contributed by atoms with E-state index in [1.807, 2.05) is 0 Å². The molecule has 0 aromatic carbocycles. The van der Waals surface area contributed by atoms with Gasteiger partial charge >= 0.3 is 0 Å². The molecule has 0 aliphatic rings. The van der Waals surface area contributed by atoms with Gasteiger partial charge in [-0.1, -0.05) is 84.0 Å². The van der Waals surface area contributed by atoms with Crippen molar-refractivity contribution in [1.29, 1.82) is 0 Å². The molecular weight excluding hydrogens is 339 g/mol.